The quantitative estimate of drug-likeness (QED) is 0.118. The predicted molar refractivity (Wildman–Crippen MR) is 192 cm³/mol. The molecule has 0 aromatic heterocycles. The molecule has 1 aliphatic heterocycles. The van der Waals surface area contributed by atoms with E-state index >= 15 is 0 Å². The molecule has 1 unspecified atom stereocenters. The highest BCUT2D eigenvalue weighted by Gasteiger charge is 2.49. The Kier molecular flexibility index (Phi) is 13.1. The number of halogens is 2. The van der Waals surface area contributed by atoms with E-state index in [0.717, 1.165) is 16.0 Å². The minimum Gasteiger partial charge on any atom is -0.484 e. The number of aliphatic hydroxyl groups is 1. The summed E-state index contributed by atoms with van der Waals surface area (Å²) in [5.41, 5.74) is 2.45. The topological polar surface area (TPSA) is 166 Å². The minimum atomic E-state index is -1.20. The van der Waals surface area contributed by atoms with Crippen LogP contribution >= 0.6 is 11.8 Å². The van der Waals surface area contributed by atoms with Gasteiger partial charge in [-0.05, 0) is 65.2 Å². The van der Waals surface area contributed by atoms with Crippen LogP contribution in [0.2, 0.25) is 0 Å². The molecule has 53 heavy (non-hydrogen) atoms. The van der Waals surface area contributed by atoms with E-state index in [1.165, 1.54) is 65.2 Å². The van der Waals surface area contributed by atoms with E-state index in [4.69, 9.17) is 4.74 Å². The van der Waals surface area contributed by atoms with Crippen LogP contribution in [-0.4, -0.2) is 82.0 Å². The van der Waals surface area contributed by atoms with E-state index in [0.29, 0.717) is 17.0 Å². The number of hydrogen-bond acceptors (Lipinski definition) is 8. The van der Waals surface area contributed by atoms with E-state index in [1.807, 2.05) is 0 Å². The molecule has 1 aliphatic rings. The highest BCUT2D eigenvalue weighted by Crippen LogP contribution is 2.46. The van der Waals surface area contributed by atoms with Crippen LogP contribution < -0.4 is 20.3 Å². The van der Waals surface area contributed by atoms with Crippen molar-refractivity contribution in [2.24, 2.45) is 0 Å². The number of nitrogens with zero attached hydrogens (tertiary/aromatic N) is 2. The Balaban J connectivity index is 1.12. The zero-order valence-electron chi connectivity index (χ0n) is 28.2. The Morgan fingerprint density at radius 2 is 1.45 bits per heavy atom. The van der Waals surface area contributed by atoms with Gasteiger partial charge < -0.3 is 35.4 Å². The summed E-state index contributed by atoms with van der Waals surface area (Å²) in [6.07, 6.45) is -0.941. The second-order valence-electron chi connectivity index (χ2n) is 12.0. The average Bonchev–Trinajstić information content (AvgIpc) is 3.15. The first kappa shape index (κ1) is 38.4. The zero-order valence-corrected chi connectivity index (χ0v) is 29.0. The van der Waals surface area contributed by atoms with Gasteiger partial charge in [-0.1, -0.05) is 54.6 Å². The molecule has 5 rings (SSSR count). The lowest BCUT2D eigenvalue weighted by Gasteiger charge is -2.47. The number of carbonyl (C=O) groups is 5. The molecule has 1 saturated heterocycles. The molecule has 1 heterocycles. The lowest BCUT2D eigenvalue weighted by atomic mass is 9.92. The maximum absolute atomic E-state index is 13.7. The Labute approximate surface area is 307 Å². The molecule has 4 aromatic carbocycles. The number of benzene rings is 4. The van der Waals surface area contributed by atoms with E-state index in [2.05, 4.69) is 10.6 Å². The van der Waals surface area contributed by atoms with Gasteiger partial charge >= 0.3 is 5.97 Å². The summed E-state index contributed by atoms with van der Waals surface area (Å²) < 4.78 is 32.6. The average molecular weight is 747 g/mol. The van der Waals surface area contributed by atoms with Crippen LogP contribution in [0.25, 0.3) is 0 Å². The third-order valence-corrected chi connectivity index (χ3v) is 9.54. The molecular formula is C38H36F2N4O8S. The monoisotopic (exact) mass is 746 g/mol. The molecule has 0 radical (unpaired) electrons. The van der Waals surface area contributed by atoms with Crippen LogP contribution in [0.15, 0.2) is 103 Å². The number of aliphatic carboxylic acids is 1. The van der Waals surface area contributed by atoms with E-state index in [9.17, 15) is 43.0 Å². The molecule has 0 aliphatic carbocycles. The molecular weight excluding hydrogens is 711 g/mol. The van der Waals surface area contributed by atoms with Crippen molar-refractivity contribution in [1.29, 1.82) is 0 Å². The number of ether oxygens (including phenoxy) is 1. The lowest BCUT2D eigenvalue weighted by molar-refractivity contribution is -0.144. The van der Waals surface area contributed by atoms with E-state index in [1.54, 1.807) is 54.6 Å². The van der Waals surface area contributed by atoms with Crippen LogP contribution in [0.3, 0.4) is 0 Å². The number of nitrogens with one attached hydrogen (secondary N) is 2. The Morgan fingerprint density at radius 3 is 2.09 bits per heavy atom. The molecule has 0 bridgehead atoms. The molecule has 12 nitrogen and oxygen atoms in total. The van der Waals surface area contributed by atoms with Crippen LogP contribution in [0.1, 0.15) is 28.8 Å². The number of rotatable bonds is 17. The molecule has 15 heteroatoms. The van der Waals surface area contributed by atoms with Gasteiger partial charge in [0.1, 0.15) is 29.2 Å². The standard InChI is InChI=1S/C38H36F2N4O8S/c39-27-10-6-25(7-11-27)31(45)23-53-37-36(44(38(37)51)29-14-12-28(40)13-15-29)26-8-16-30(17-9-26)52-22-33(47)41-18-32(46)42-19-34(48)43(21-35(49)50)20-24-4-2-1-3-5-24/h1-17,31,36-37,45H,18-23H2,(H,41,47)(H,42,46)(H,49,50)/t31?,36-,37-/m1/s1. The lowest BCUT2D eigenvalue weighted by Crippen LogP contribution is -2.57. The number of amides is 4. The van der Waals surface area contributed by atoms with Gasteiger partial charge in [-0.15, -0.1) is 11.8 Å². The van der Waals surface area contributed by atoms with Crippen molar-refractivity contribution in [3.63, 3.8) is 0 Å². The normalized spacial score (nSPS) is 15.5. The van der Waals surface area contributed by atoms with Gasteiger partial charge in [0, 0.05) is 18.0 Å². The van der Waals surface area contributed by atoms with Gasteiger partial charge in [-0.25, -0.2) is 8.78 Å². The van der Waals surface area contributed by atoms with E-state index in [-0.39, 0.29) is 18.2 Å². The molecule has 3 atom stereocenters. The predicted octanol–water partition coefficient (Wildman–Crippen LogP) is 3.61. The molecule has 4 amide bonds. The summed E-state index contributed by atoms with van der Waals surface area (Å²) in [5, 5.41) is 24.0. The largest absolute Gasteiger partial charge is 0.484 e. The van der Waals surface area contributed by atoms with Gasteiger partial charge in [-0.3, -0.25) is 24.0 Å². The van der Waals surface area contributed by atoms with Crippen molar-refractivity contribution >= 4 is 47.0 Å². The highest BCUT2D eigenvalue weighted by molar-refractivity contribution is 8.00. The molecule has 276 valence electrons. The fraction of sp³-hybridized carbons (Fsp3) is 0.237. The van der Waals surface area contributed by atoms with Crippen molar-refractivity contribution in [3.05, 3.63) is 131 Å². The summed E-state index contributed by atoms with van der Waals surface area (Å²) in [6, 6.07) is 26.0. The van der Waals surface area contributed by atoms with E-state index < -0.39 is 79.0 Å². The number of β-lactam (4-membered cyclic amide) rings is 1. The van der Waals surface area contributed by atoms with Crippen molar-refractivity contribution in [2.75, 3.05) is 36.9 Å². The number of thioether (sulfide) groups is 1. The first-order chi connectivity index (χ1) is 25.5. The number of carbonyl (C=O) groups excluding carboxylic acids is 4. The second-order valence-corrected chi connectivity index (χ2v) is 13.2. The second kappa shape index (κ2) is 18.1. The van der Waals surface area contributed by atoms with Gasteiger partial charge in [-0.2, -0.15) is 0 Å². The molecule has 4 N–H and O–H groups in total. The number of hydrogen-bond donors (Lipinski definition) is 4. The summed E-state index contributed by atoms with van der Waals surface area (Å²) in [6.45, 7) is -1.84. The number of anilines is 1. The smallest absolute Gasteiger partial charge is 0.323 e. The molecule has 4 aromatic rings. The Hall–Kier alpha value is -5.80. The zero-order chi connectivity index (χ0) is 37.9. The van der Waals surface area contributed by atoms with Crippen LogP contribution in [0, 0.1) is 11.6 Å². The number of aliphatic hydroxyl groups excluding tert-OH is 1. The molecule has 0 saturated carbocycles. The number of carboxylic acids is 1. The van der Waals surface area contributed by atoms with Crippen LogP contribution in [0.5, 0.6) is 5.75 Å². The van der Waals surface area contributed by atoms with Crippen molar-refractivity contribution in [1.82, 2.24) is 15.5 Å². The van der Waals surface area contributed by atoms with Crippen molar-refractivity contribution in [3.8, 4) is 5.75 Å². The van der Waals surface area contributed by atoms with Crippen LogP contribution in [-0.2, 0) is 30.5 Å². The molecule has 0 spiro atoms. The minimum absolute atomic E-state index is 0.0463. The van der Waals surface area contributed by atoms with Crippen molar-refractivity contribution < 1.29 is 47.7 Å². The van der Waals surface area contributed by atoms with Gasteiger partial charge in [0.05, 0.1) is 25.2 Å². The summed E-state index contributed by atoms with van der Waals surface area (Å²) in [7, 11) is 0. The maximum atomic E-state index is 13.7. The fourth-order valence-corrected chi connectivity index (χ4v) is 6.80. The third-order valence-electron chi connectivity index (χ3n) is 8.21. The van der Waals surface area contributed by atoms with Gasteiger partial charge in [0.15, 0.2) is 6.61 Å². The highest BCUT2D eigenvalue weighted by atomic mass is 32.2. The summed E-state index contributed by atoms with van der Waals surface area (Å²) in [5.74, 6) is -3.71. The molecule has 1 fully saturated rings. The van der Waals surface area contributed by atoms with Gasteiger partial charge in [0.2, 0.25) is 17.7 Å². The first-order valence-electron chi connectivity index (χ1n) is 16.4. The van der Waals surface area contributed by atoms with Crippen LogP contribution in [0.4, 0.5) is 14.5 Å². The maximum Gasteiger partial charge on any atom is 0.323 e. The van der Waals surface area contributed by atoms with Crippen molar-refractivity contribution in [2.45, 2.75) is 23.9 Å². The van der Waals surface area contributed by atoms with Gasteiger partial charge in [0.25, 0.3) is 5.91 Å². The Bertz CT molecular complexity index is 1900. The summed E-state index contributed by atoms with van der Waals surface area (Å²) in [4.78, 5) is 64.5. The SMILES string of the molecule is O=C(O)CN(Cc1ccccc1)C(=O)CNC(=O)CNC(=O)COc1ccc([C@@H]2[C@@H](SCC(O)c3ccc(F)cc3)C(=O)N2c2ccc(F)cc2)cc1. The third kappa shape index (κ3) is 10.6. The number of carboxylic acid groups (broad SMARTS) is 1. The Morgan fingerprint density at radius 1 is 0.830 bits per heavy atom. The summed E-state index contributed by atoms with van der Waals surface area (Å²) >= 11 is 1.25. The fourth-order valence-electron chi connectivity index (χ4n) is 5.50. The first-order valence-corrected chi connectivity index (χ1v) is 17.5.